The normalized spacial score (nSPS) is 24.2. The van der Waals surface area contributed by atoms with Gasteiger partial charge in [0.1, 0.15) is 23.8 Å². The molecule has 10 heteroatoms. The highest BCUT2D eigenvalue weighted by Gasteiger charge is 2.35. The predicted molar refractivity (Wildman–Crippen MR) is 81.1 cm³/mol. The van der Waals surface area contributed by atoms with E-state index in [2.05, 4.69) is 26.1 Å². The first kappa shape index (κ1) is 16.1. The van der Waals surface area contributed by atoms with Crippen LogP contribution in [-0.2, 0) is 10.1 Å². The van der Waals surface area contributed by atoms with Crippen LogP contribution in [0.3, 0.4) is 0 Å². The zero-order valence-corrected chi connectivity index (χ0v) is 13.4. The molecule has 0 radical (unpaired) electrons. The third kappa shape index (κ3) is 3.02. The Bertz CT molecular complexity index is 813. The summed E-state index contributed by atoms with van der Waals surface area (Å²) >= 11 is 3.22. The molecule has 0 aromatic carbocycles. The zero-order chi connectivity index (χ0) is 16.6. The monoisotopic (exact) mass is 387 g/mol. The summed E-state index contributed by atoms with van der Waals surface area (Å²) in [5.41, 5.74) is -0.838. The Morgan fingerprint density at radius 2 is 2.26 bits per heavy atom. The number of hydrogen-bond donors (Lipinski definition) is 3. The fraction of sp³-hybridized carbons (Fsp3) is 0.462. The van der Waals surface area contributed by atoms with Crippen molar-refractivity contribution in [1.29, 1.82) is 0 Å². The average Bonchev–Trinajstić information content (AvgIpc) is 3.13. The molecule has 1 saturated heterocycles. The number of rotatable bonds is 4. The maximum Gasteiger partial charge on any atom is 0.330 e. The number of ether oxygens (including phenoxy) is 1. The second-order valence-electron chi connectivity index (χ2n) is 5.14. The molecule has 124 valence electrons. The SMILES string of the molecule is O=c1[nH]c(=O)n([C@H]2C[C@H](O)[C@@H](CO)O2)cc1-c1cc(CBr)on1. The van der Waals surface area contributed by atoms with E-state index in [1.54, 1.807) is 6.07 Å². The number of hydrogen-bond acceptors (Lipinski definition) is 7. The van der Waals surface area contributed by atoms with Crippen molar-refractivity contribution in [1.82, 2.24) is 14.7 Å². The van der Waals surface area contributed by atoms with E-state index in [9.17, 15) is 14.7 Å². The van der Waals surface area contributed by atoms with Crippen molar-refractivity contribution in [2.24, 2.45) is 0 Å². The van der Waals surface area contributed by atoms with Crippen LogP contribution in [0.2, 0.25) is 0 Å². The van der Waals surface area contributed by atoms with Crippen LogP contribution in [0.15, 0.2) is 26.4 Å². The third-order valence-electron chi connectivity index (χ3n) is 3.63. The van der Waals surface area contributed by atoms with Crippen LogP contribution in [0.5, 0.6) is 0 Å². The molecule has 0 bridgehead atoms. The topological polar surface area (TPSA) is 131 Å². The van der Waals surface area contributed by atoms with Gasteiger partial charge in [-0.25, -0.2) is 4.79 Å². The van der Waals surface area contributed by atoms with Crippen LogP contribution in [0.4, 0.5) is 0 Å². The first-order valence-corrected chi connectivity index (χ1v) is 7.97. The highest BCUT2D eigenvalue weighted by atomic mass is 79.9. The van der Waals surface area contributed by atoms with Gasteiger partial charge < -0.3 is 19.5 Å². The van der Waals surface area contributed by atoms with Gasteiger partial charge in [0.05, 0.1) is 23.6 Å². The summed E-state index contributed by atoms with van der Waals surface area (Å²) in [6.45, 7) is -0.361. The van der Waals surface area contributed by atoms with Gasteiger partial charge in [-0.1, -0.05) is 21.1 Å². The molecular weight excluding hydrogens is 374 g/mol. The van der Waals surface area contributed by atoms with Crippen LogP contribution >= 0.6 is 15.9 Å². The van der Waals surface area contributed by atoms with Crippen molar-refractivity contribution >= 4 is 15.9 Å². The van der Waals surface area contributed by atoms with E-state index in [1.165, 1.54) is 6.20 Å². The summed E-state index contributed by atoms with van der Waals surface area (Å²) in [5.74, 6) is 0.532. The van der Waals surface area contributed by atoms with Crippen molar-refractivity contribution in [3.63, 3.8) is 0 Å². The number of H-pyrrole nitrogens is 1. The first-order chi connectivity index (χ1) is 11.0. The van der Waals surface area contributed by atoms with Gasteiger partial charge in [-0.2, -0.15) is 0 Å². The lowest BCUT2D eigenvalue weighted by Gasteiger charge is -2.14. The van der Waals surface area contributed by atoms with E-state index >= 15 is 0 Å². The van der Waals surface area contributed by atoms with Gasteiger partial charge in [0.25, 0.3) is 5.56 Å². The maximum atomic E-state index is 12.0. The number of halogens is 1. The fourth-order valence-electron chi connectivity index (χ4n) is 2.43. The molecular formula is C13H14BrN3O6. The molecule has 3 rings (SSSR count). The first-order valence-electron chi connectivity index (χ1n) is 6.85. The highest BCUT2D eigenvalue weighted by Crippen LogP contribution is 2.28. The van der Waals surface area contributed by atoms with E-state index in [-0.39, 0.29) is 24.3 Å². The van der Waals surface area contributed by atoms with Crippen molar-refractivity contribution in [2.45, 2.75) is 30.2 Å². The third-order valence-corrected chi connectivity index (χ3v) is 4.18. The summed E-state index contributed by atoms with van der Waals surface area (Å²) < 4.78 is 11.6. The Labute approximate surface area is 137 Å². The number of aromatic amines is 1. The smallest absolute Gasteiger partial charge is 0.330 e. The van der Waals surface area contributed by atoms with Crippen LogP contribution in [0.1, 0.15) is 18.4 Å². The largest absolute Gasteiger partial charge is 0.394 e. The van der Waals surface area contributed by atoms with Crippen LogP contribution in [0, 0.1) is 0 Å². The summed E-state index contributed by atoms with van der Waals surface area (Å²) in [6.07, 6.45) is -1.00. The lowest BCUT2D eigenvalue weighted by Crippen LogP contribution is -2.33. The molecule has 3 N–H and O–H groups in total. The number of nitrogens with one attached hydrogen (secondary N) is 1. The molecule has 0 unspecified atom stereocenters. The predicted octanol–water partition coefficient (Wildman–Crippen LogP) is -0.273. The number of aromatic nitrogens is 3. The summed E-state index contributed by atoms with van der Waals surface area (Å²) in [6, 6.07) is 1.58. The minimum absolute atomic E-state index is 0.127. The fourth-order valence-corrected chi connectivity index (χ4v) is 2.70. The Morgan fingerprint density at radius 3 is 2.87 bits per heavy atom. The second-order valence-corrected chi connectivity index (χ2v) is 5.70. The van der Waals surface area contributed by atoms with E-state index in [0.29, 0.717) is 11.1 Å². The molecule has 2 aromatic rings. The average molecular weight is 388 g/mol. The molecule has 0 amide bonds. The molecule has 0 aliphatic carbocycles. The standard InChI is InChI=1S/C13H14BrN3O6/c14-3-6-1-8(16-23-6)7-4-17(13(21)15-12(7)20)11-2-9(19)10(5-18)22-11/h1,4,9-11,18-19H,2-3,5H2,(H,15,20,21)/t9-,10+,11+/m0/s1. The minimum atomic E-state index is -0.890. The van der Waals surface area contributed by atoms with Crippen molar-refractivity contribution in [3.05, 3.63) is 38.9 Å². The second kappa shape index (κ2) is 6.40. The lowest BCUT2D eigenvalue weighted by atomic mass is 10.2. The Kier molecular flexibility index (Phi) is 4.48. The van der Waals surface area contributed by atoms with Gasteiger partial charge in [-0.3, -0.25) is 14.3 Å². The molecule has 1 fully saturated rings. The molecule has 23 heavy (non-hydrogen) atoms. The minimum Gasteiger partial charge on any atom is -0.394 e. The molecule has 0 spiro atoms. The van der Waals surface area contributed by atoms with Gasteiger partial charge in [0.15, 0.2) is 0 Å². The number of aliphatic hydroxyl groups is 2. The molecule has 0 saturated carbocycles. The molecule has 2 aromatic heterocycles. The van der Waals surface area contributed by atoms with E-state index in [1.807, 2.05) is 0 Å². The molecule has 3 atom stereocenters. The van der Waals surface area contributed by atoms with Crippen LogP contribution < -0.4 is 11.2 Å². The molecule has 9 nitrogen and oxygen atoms in total. The quantitative estimate of drug-likeness (QED) is 0.615. The zero-order valence-electron chi connectivity index (χ0n) is 11.8. The van der Waals surface area contributed by atoms with Gasteiger partial charge in [0.2, 0.25) is 0 Å². The highest BCUT2D eigenvalue weighted by molar-refractivity contribution is 9.08. The van der Waals surface area contributed by atoms with Crippen LogP contribution in [-0.4, -0.2) is 43.7 Å². The summed E-state index contributed by atoms with van der Waals surface area (Å²) in [4.78, 5) is 26.2. The van der Waals surface area contributed by atoms with Crippen molar-refractivity contribution < 1.29 is 19.5 Å². The van der Waals surface area contributed by atoms with E-state index < -0.39 is 29.7 Å². The van der Waals surface area contributed by atoms with Gasteiger partial charge in [-0.05, 0) is 0 Å². The number of alkyl halides is 1. The van der Waals surface area contributed by atoms with Gasteiger partial charge in [-0.15, -0.1) is 0 Å². The van der Waals surface area contributed by atoms with E-state index in [4.69, 9.17) is 14.4 Å². The van der Waals surface area contributed by atoms with Crippen LogP contribution in [0.25, 0.3) is 11.3 Å². The number of aliphatic hydroxyl groups excluding tert-OH is 2. The summed E-state index contributed by atoms with van der Waals surface area (Å²) in [5, 5.41) is 23.1. The lowest BCUT2D eigenvalue weighted by molar-refractivity contribution is -0.0458. The molecule has 1 aliphatic rings. The van der Waals surface area contributed by atoms with Gasteiger partial charge >= 0.3 is 5.69 Å². The van der Waals surface area contributed by atoms with Crippen molar-refractivity contribution in [3.8, 4) is 11.3 Å². The van der Waals surface area contributed by atoms with E-state index in [0.717, 1.165) is 4.57 Å². The maximum absolute atomic E-state index is 12.0. The Morgan fingerprint density at radius 1 is 1.48 bits per heavy atom. The number of nitrogens with zero attached hydrogens (tertiary/aromatic N) is 2. The Hall–Kier alpha value is -1.75. The van der Waals surface area contributed by atoms with Gasteiger partial charge in [0, 0.05) is 18.7 Å². The Balaban J connectivity index is 2.01. The van der Waals surface area contributed by atoms with Crippen molar-refractivity contribution in [2.75, 3.05) is 6.61 Å². The molecule has 3 heterocycles. The summed E-state index contributed by atoms with van der Waals surface area (Å²) in [7, 11) is 0. The molecule has 1 aliphatic heterocycles.